The molecule has 154 valence electrons. The van der Waals surface area contributed by atoms with Crippen molar-refractivity contribution in [2.75, 3.05) is 13.7 Å². The van der Waals surface area contributed by atoms with Gasteiger partial charge in [-0.2, -0.15) is 0 Å². The molecular formula is C22H30O6. The highest BCUT2D eigenvalue weighted by Gasteiger charge is 2.17. The summed E-state index contributed by atoms with van der Waals surface area (Å²) >= 11 is 0. The number of unbranched alkanes of at least 4 members (excludes halogenated alkanes) is 7. The minimum Gasteiger partial charge on any atom is -0.489 e. The fourth-order valence-corrected chi connectivity index (χ4v) is 3.09. The van der Waals surface area contributed by atoms with E-state index >= 15 is 0 Å². The van der Waals surface area contributed by atoms with Gasteiger partial charge in [-0.25, -0.2) is 4.79 Å². The summed E-state index contributed by atoms with van der Waals surface area (Å²) < 4.78 is 21.4. The lowest BCUT2D eigenvalue weighted by atomic mass is 10.1. The molecule has 0 atom stereocenters. The highest BCUT2D eigenvalue weighted by Crippen LogP contribution is 2.34. The molecule has 0 saturated carbocycles. The van der Waals surface area contributed by atoms with E-state index in [4.69, 9.17) is 18.6 Å². The van der Waals surface area contributed by atoms with Crippen molar-refractivity contribution >= 4 is 16.9 Å². The largest absolute Gasteiger partial charge is 0.489 e. The van der Waals surface area contributed by atoms with Crippen LogP contribution >= 0.6 is 0 Å². The number of fused-ring (bicyclic) bond motifs is 1. The lowest BCUT2D eigenvalue weighted by Gasteiger charge is -2.12. The molecule has 0 amide bonds. The standard InChI is InChI=1S/C22H30O6/c1-4-5-6-7-8-9-10-11-14-26-20-18-13-12-17(27-16(2)23)15-19(18)28-22(24)21(20)25-3/h12-13,15H,4-11,14H2,1-3H3. The minimum atomic E-state index is -0.624. The number of carbonyl (C=O) groups excluding carboxylic acids is 1. The predicted octanol–water partition coefficient (Wildman–Crippen LogP) is 5.25. The number of hydrogen-bond donors (Lipinski definition) is 0. The summed E-state index contributed by atoms with van der Waals surface area (Å²) in [6.07, 6.45) is 9.61. The molecule has 0 unspecified atom stereocenters. The maximum absolute atomic E-state index is 12.2. The molecule has 0 bridgehead atoms. The van der Waals surface area contributed by atoms with E-state index in [-0.39, 0.29) is 11.3 Å². The molecular weight excluding hydrogens is 360 g/mol. The average Bonchev–Trinajstić information content (AvgIpc) is 2.65. The third-order valence-corrected chi connectivity index (χ3v) is 4.50. The molecule has 6 nitrogen and oxygen atoms in total. The van der Waals surface area contributed by atoms with Crippen molar-refractivity contribution in [1.82, 2.24) is 0 Å². The highest BCUT2D eigenvalue weighted by molar-refractivity contribution is 5.87. The fourth-order valence-electron chi connectivity index (χ4n) is 3.09. The molecule has 1 heterocycles. The maximum Gasteiger partial charge on any atom is 0.383 e. The van der Waals surface area contributed by atoms with Gasteiger partial charge in [-0.1, -0.05) is 51.9 Å². The highest BCUT2D eigenvalue weighted by atomic mass is 16.5. The molecule has 2 rings (SSSR count). The second-order valence-electron chi connectivity index (χ2n) is 6.83. The molecule has 0 aliphatic carbocycles. The Kier molecular flexibility index (Phi) is 8.85. The summed E-state index contributed by atoms with van der Waals surface area (Å²) in [6, 6.07) is 4.83. The number of ether oxygens (including phenoxy) is 3. The van der Waals surface area contributed by atoms with Crippen molar-refractivity contribution in [3.05, 3.63) is 28.6 Å². The minimum absolute atomic E-state index is 0.0484. The number of rotatable bonds is 12. The quantitative estimate of drug-likeness (QED) is 0.213. The van der Waals surface area contributed by atoms with Crippen molar-refractivity contribution in [3.63, 3.8) is 0 Å². The number of carbonyl (C=O) groups is 1. The number of esters is 1. The first-order chi connectivity index (χ1) is 13.6. The summed E-state index contributed by atoms with van der Waals surface area (Å²) in [5.74, 6) is 0.280. The molecule has 0 saturated heterocycles. The molecule has 0 aliphatic rings. The Balaban J connectivity index is 2.01. The Hall–Kier alpha value is -2.50. The summed E-state index contributed by atoms with van der Waals surface area (Å²) in [4.78, 5) is 23.3. The van der Waals surface area contributed by atoms with Gasteiger partial charge in [0, 0.05) is 13.0 Å². The summed E-state index contributed by atoms with van der Waals surface area (Å²) in [6.45, 7) is 4.03. The van der Waals surface area contributed by atoms with Crippen LogP contribution in [0, 0.1) is 0 Å². The molecule has 0 fully saturated rings. The van der Waals surface area contributed by atoms with Gasteiger partial charge in [0.25, 0.3) is 0 Å². The van der Waals surface area contributed by atoms with Gasteiger partial charge in [0.05, 0.1) is 19.1 Å². The van der Waals surface area contributed by atoms with Crippen LogP contribution in [-0.4, -0.2) is 19.7 Å². The van der Waals surface area contributed by atoms with Gasteiger partial charge in [0.2, 0.25) is 5.75 Å². The average molecular weight is 390 g/mol. The van der Waals surface area contributed by atoms with Crippen LogP contribution in [0.1, 0.15) is 65.2 Å². The van der Waals surface area contributed by atoms with Gasteiger partial charge in [-0.05, 0) is 18.6 Å². The topological polar surface area (TPSA) is 75.0 Å². The van der Waals surface area contributed by atoms with Crippen molar-refractivity contribution in [2.45, 2.75) is 65.2 Å². The SMILES string of the molecule is CCCCCCCCCCOc1c(OC)c(=O)oc2cc(OC(C)=O)ccc12. The first kappa shape index (κ1) is 21.8. The first-order valence-corrected chi connectivity index (χ1v) is 10.0. The summed E-state index contributed by atoms with van der Waals surface area (Å²) in [5, 5.41) is 0.604. The maximum atomic E-state index is 12.2. The van der Waals surface area contributed by atoms with E-state index in [1.807, 2.05) is 0 Å². The van der Waals surface area contributed by atoms with Crippen molar-refractivity contribution in [3.8, 4) is 17.2 Å². The predicted molar refractivity (Wildman–Crippen MR) is 108 cm³/mol. The van der Waals surface area contributed by atoms with Crippen LogP contribution in [0.2, 0.25) is 0 Å². The van der Waals surface area contributed by atoms with Crippen LogP contribution in [0.25, 0.3) is 11.0 Å². The lowest BCUT2D eigenvalue weighted by Crippen LogP contribution is -2.09. The molecule has 0 aliphatic heterocycles. The van der Waals surface area contributed by atoms with Crippen LogP contribution in [0.4, 0.5) is 0 Å². The molecule has 0 radical (unpaired) electrons. The molecule has 0 spiro atoms. The van der Waals surface area contributed by atoms with Crippen LogP contribution < -0.4 is 19.8 Å². The second-order valence-corrected chi connectivity index (χ2v) is 6.83. The van der Waals surface area contributed by atoms with Gasteiger partial charge in [0.1, 0.15) is 11.3 Å². The van der Waals surface area contributed by atoms with E-state index < -0.39 is 11.6 Å². The monoisotopic (exact) mass is 390 g/mol. The van der Waals surface area contributed by atoms with Gasteiger partial charge >= 0.3 is 11.6 Å². The van der Waals surface area contributed by atoms with E-state index in [2.05, 4.69) is 6.92 Å². The Labute approximate surface area is 165 Å². The van der Waals surface area contributed by atoms with Crippen molar-refractivity contribution in [1.29, 1.82) is 0 Å². The fraction of sp³-hybridized carbons (Fsp3) is 0.545. The van der Waals surface area contributed by atoms with Crippen LogP contribution in [0.5, 0.6) is 17.2 Å². The zero-order valence-corrected chi connectivity index (χ0v) is 17.0. The van der Waals surface area contributed by atoms with Crippen LogP contribution in [0.15, 0.2) is 27.4 Å². The van der Waals surface area contributed by atoms with Gasteiger partial charge in [0.15, 0.2) is 5.75 Å². The van der Waals surface area contributed by atoms with E-state index in [0.29, 0.717) is 23.5 Å². The molecule has 2 aromatic rings. The Morgan fingerprint density at radius 2 is 1.68 bits per heavy atom. The van der Waals surface area contributed by atoms with Crippen molar-refractivity contribution < 1.29 is 23.4 Å². The smallest absolute Gasteiger partial charge is 0.383 e. The van der Waals surface area contributed by atoms with Gasteiger partial charge in [-0.15, -0.1) is 0 Å². The second kappa shape index (κ2) is 11.4. The van der Waals surface area contributed by atoms with Crippen LogP contribution in [0.3, 0.4) is 0 Å². The first-order valence-electron chi connectivity index (χ1n) is 10.0. The third kappa shape index (κ3) is 6.29. The van der Waals surface area contributed by atoms with Gasteiger partial charge < -0.3 is 18.6 Å². The van der Waals surface area contributed by atoms with E-state index in [1.165, 1.54) is 58.6 Å². The summed E-state index contributed by atoms with van der Waals surface area (Å²) in [7, 11) is 1.41. The third-order valence-electron chi connectivity index (χ3n) is 4.50. The van der Waals surface area contributed by atoms with Gasteiger partial charge in [-0.3, -0.25) is 4.79 Å². The number of hydrogen-bond acceptors (Lipinski definition) is 6. The Morgan fingerprint density at radius 1 is 1.00 bits per heavy atom. The zero-order valence-electron chi connectivity index (χ0n) is 17.0. The van der Waals surface area contributed by atoms with E-state index in [1.54, 1.807) is 12.1 Å². The molecule has 28 heavy (non-hydrogen) atoms. The number of benzene rings is 1. The normalized spacial score (nSPS) is 10.8. The lowest BCUT2D eigenvalue weighted by molar-refractivity contribution is -0.131. The number of methoxy groups -OCH3 is 1. The van der Waals surface area contributed by atoms with Crippen molar-refractivity contribution in [2.24, 2.45) is 0 Å². The Bertz CT molecular complexity index is 824. The van der Waals surface area contributed by atoms with E-state index in [9.17, 15) is 9.59 Å². The molecule has 0 N–H and O–H groups in total. The molecule has 1 aromatic carbocycles. The summed E-state index contributed by atoms with van der Waals surface area (Å²) in [5.41, 5.74) is -0.337. The molecule has 1 aromatic heterocycles. The van der Waals surface area contributed by atoms with Crippen LogP contribution in [-0.2, 0) is 4.79 Å². The molecule has 6 heteroatoms. The van der Waals surface area contributed by atoms with E-state index in [0.717, 1.165) is 12.8 Å². The Morgan fingerprint density at radius 3 is 2.32 bits per heavy atom. The zero-order chi connectivity index (χ0) is 20.4.